The number of ether oxygens (including phenoxy) is 6. The number of hydrogen-bond donors (Lipinski definition) is 9. The molecule has 3 aliphatic heterocycles. The second-order valence-electron chi connectivity index (χ2n) is 10.9. The predicted octanol–water partition coefficient (Wildman–Crippen LogP) is -3.21. The third kappa shape index (κ3) is 8.52. The van der Waals surface area contributed by atoms with Gasteiger partial charge in [0.05, 0.1) is 13.2 Å². The van der Waals surface area contributed by atoms with Crippen LogP contribution in [-0.2, 0) is 28.4 Å². The molecule has 0 unspecified atom stereocenters. The van der Waals surface area contributed by atoms with Crippen molar-refractivity contribution in [2.24, 2.45) is 0 Å². The Labute approximate surface area is 243 Å². The highest BCUT2D eigenvalue weighted by atomic mass is 19.1. The smallest absolute Gasteiger partial charge is 0.187 e. The maximum atomic E-state index is 13.3. The number of halogens is 1. The molecule has 0 radical (unpaired) electrons. The molecule has 16 heteroatoms. The molecule has 0 aromatic heterocycles. The van der Waals surface area contributed by atoms with Crippen molar-refractivity contribution < 1.29 is 78.8 Å². The van der Waals surface area contributed by atoms with Gasteiger partial charge in [-0.05, 0) is 6.42 Å². The summed E-state index contributed by atoms with van der Waals surface area (Å²) < 4.78 is 47.1. The summed E-state index contributed by atoms with van der Waals surface area (Å²) in [4.78, 5) is 0. The quantitative estimate of drug-likeness (QED) is 0.0687. The van der Waals surface area contributed by atoms with Gasteiger partial charge < -0.3 is 74.4 Å². The lowest BCUT2D eigenvalue weighted by molar-refractivity contribution is -0.279. The third-order valence-corrected chi connectivity index (χ3v) is 7.75. The molecule has 0 amide bonds. The van der Waals surface area contributed by atoms with Gasteiger partial charge in [0.25, 0.3) is 0 Å². The highest BCUT2D eigenvalue weighted by Gasteiger charge is 2.56. The van der Waals surface area contributed by atoms with Crippen LogP contribution >= 0.6 is 0 Å². The van der Waals surface area contributed by atoms with E-state index >= 15 is 0 Å². The molecule has 3 fully saturated rings. The van der Waals surface area contributed by atoms with Crippen molar-refractivity contribution >= 4 is 0 Å². The van der Waals surface area contributed by atoms with Gasteiger partial charge in [-0.3, -0.25) is 0 Å². The normalized spacial score (nSPS) is 40.9. The van der Waals surface area contributed by atoms with Crippen molar-refractivity contribution in [3.05, 3.63) is 0 Å². The van der Waals surface area contributed by atoms with Crippen LogP contribution in [0.15, 0.2) is 0 Å². The lowest BCUT2D eigenvalue weighted by Crippen LogP contribution is -2.48. The van der Waals surface area contributed by atoms with Crippen molar-refractivity contribution in [1.82, 2.24) is 0 Å². The minimum atomic E-state index is -1.75. The Bertz CT molecular complexity index is 769. The monoisotopic (exact) mass is 618 g/mol. The topological polar surface area (TPSA) is 237 Å². The van der Waals surface area contributed by atoms with Crippen LogP contribution in [0.5, 0.6) is 0 Å². The summed E-state index contributed by atoms with van der Waals surface area (Å²) in [5, 5.41) is 91.2. The van der Waals surface area contributed by atoms with E-state index in [1.54, 1.807) is 0 Å². The molecule has 15 nitrogen and oxygen atoms in total. The second-order valence-corrected chi connectivity index (χ2v) is 10.9. The molecule has 3 saturated heterocycles. The standard InChI is InChI=1S/C26H47FO15/c1-2-3-4-5-6-7-8-37-25-22(17(35)19(39-25)12(30)9-27)42-26-23(18(36)21(40-26)14(32)11-29)41-24-16(34)15(33)20(38-24)13(31)10-28/h12-26,28-36H,2-11H2,1H3/t12-,13-,14-,15+,16+,17+,18-,19+,20-,21-,22-,23+,24-,25-,26-/m0/s1. The number of rotatable bonds is 18. The Kier molecular flexibility index (Phi) is 14.6. The molecular weight excluding hydrogens is 571 g/mol. The molecule has 9 N–H and O–H groups in total. The Morgan fingerprint density at radius 1 is 0.619 bits per heavy atom. The fraction of sp³-hybridized carbons (Fsp3) is 1.00. The van der Waals surface area contributed by atoms with E-state index in [4.69, 9.17) is 28.4 Å². The highest BCUT2D eigenvalue weighted by Crippen LogP contribution is 2.36. The Morgan fingerprint density at radius 3 is 1.69 bits per heavy atom. The predicted molar refractivity (Wildman–Crippen MR) is 137 cm³/mol. The zero-order valence-corrected chi connectivity index (χ0v) is 23.6. The average molecular weight is 619 g/mol. The maximum Gasteiger partial charge on any atom is 0.187 e. The summed E-state index contributed by atoms with van der Waals surface area (Å²) in [5.41, 5.74) is 0. The Morgan fingerprint density at radius 2 is 1.10 bits per heavy atom. The van der Waals surface area contributed by atoms with Crippen LogP contribution in [-0.4, -0.2) is 165 Å². The summed E-state index contributed by atoms with van der Waals surface area (Å²) in [7, 11) is 0. The number of unbranched alkanes of at least 4 members (excludes halogenated alkanes) is 5. The number of hydrogen-bond acceptors (Lipinski definition) is 15. The molecule has 3 heterocycles. The molecule has 42 heavy (non-hydrogen) atoms. The van der Waals surface area contributed by atoms with Crippen molar-refractivity contribution in [1.29, 1.82) is 0 Å². The van der Waals surface area contributed by atoms with Crippen LogP contribution in [0.4, 0.5) is 4.39 Å². The van der Waals surface area contributed by atoms with Crippen molar-refractivity contribution in [2.45, 2.75) is 138 Å². The average Bonchev–Trinajstić information content (AvgIpc) is 3.58. The van der Waals surface area contributed by atoms with Crippen molar-refractivity contribution in [3.8, 4) is 0 Å². The molecule has 0 aromatic carbocycles. The second kappa shape index (κ2) is 17.1. The number of aliphatic hydroxyl groups is 9. The number of alkyl halides is 1. The van der Waals surface area contributed by atoms with E-state index in [0.717, 1.165) is 32.1 Å². The van der Waals surface area contributed by atoms with Gasteiger partial charge in [0.1, 0.15) is 79.9 Å². The van der Waals surface area contributed by atoms with E-state index in [0.29, 0.717) is 6.42 Å². The Balaban J connectivity index is 1.74. The van der Waals surface area contributed by atoms with E-state index in [9.17, 15) is 50.3 Å². The first-order chi connectivity index (χ1) is 20.1. The molecule has 0 spiro atoms. The van der Waals surface area contributed by atoms with Gasteiger partial charge in [0.2, 0.25) is 0 Å². The van der Waals surface area contributed by atoms with Gasteiger partial charge >= 0.3 is 0 Å². The number of aliphatic hydroxyl groups excluding tert-OH is 9. The van der Waals surface area contributed by atoms with Gasteiger partial charge in [-0.1, -0.05) is 39.0 Å². The van der Waals surface area contributed by atoms with E-state index in [-0.39, 0.29) is 6.61 Å². The third-order valence-electron chi connectivity index (χ3n) is 7.75. The molecule has 248 valence electrons. The van der Waals surface area contributed by atoms with Crippen LogP contribution in [0.25, 0.3) is 0 Å². The van der Waals surface area contributed by atoms with E-state index < -0.39 is 112 Å². The molecule has 0 bridgehead atoms. The van der Waals surface area contributed by atoms with Crippen LogP contribution in [0.1, 0.15) is 45.4 Å². The Hall–Kier alpha value is -0.670. The molecule has 0 aliphatic carbocycles. The first-order valence-electron chi connectivity index (χ1n) is 14.5. The lowest BCUT2D eigenvalue weighted by Gasteiger charge is -2.29. The summed E-state index contributed by atoms with van der Waals surface area (Å²) >= 11 is 0. The molecule has 3 rings (SSSR count). The highest BCUT2D eigenvalue weighted by molar-refractivity contribution is 4.98. The van der Waals surface area contributed by atoms with E-state index in [2.05, 4.69) is 6.92 Å². The van der Waals surface area contributed by atoms with E-state index in [1.807, 2.05) is 0 Å². The minimum Gasteiger partial charge on any atom is -0.394 e. The first-order valence-corrected chi connectivity index (χ1v) is 14.5. The fourth-order valence-corrected chi connectivity index (χ4v) is 5.28. The summed E-state index contributed by atoms with van der Waals surface area (Å²) in [6.45, 7) is -0.548. The fourth-order valence-electron chi connectivity index (χ4n) is 5.28. The van der Waals surface area contributed by atoms with Crippen LogP contribution in [0.2, 0.25) is 0 Å². The molecule has 15 atom stereocenters. The summed E-state index contributed by atoms with van der Waals surface area (Å²) in [6, 6.07) is 0. The summed E-state index contributed by atoms with van der Waals surface area (Å²) in [5.74, 6) is 0. The zero-order chi connectivity index (χ0) is 31.0. The van der Waals surface area contributed by atoms with Gasteiger partial charge in [0.15, 0.2) is 18.9 Å². The van der Waals surface area contributed by atoms with Crippen LogP contribution in [0, 0.1) is 0 Å². The largest absolute Gasteiger partial charge is 0.394 e. The zero-order valence-electron chi connectivity index (χ0n) is 23.6. The van der Waals surface area contributed by atoms with Crippen LogP contribution in [0.3, 0.4) is 0 Å². The van der Waals surface area contributed by atoms with Crippen molar-refractivity contribution in [2.75, 3.05) is 26.5 Å². The van der Waals surface area contributed by atoms with Crippen LogP contribution < -0.4 is 0 Å². The first kappa shape index (κ1) is 35.8. The SMILES string of the molecule is CCCCCCCCO[C@H]1O[C@H]([C@@H](O)CF)[C@@H](O)[C@@H]1O[C@@H]1O[C@@H]([C@@H](O)CO)[C@H](O)[C@H]1O[C@@H]1O[C@@H]([C@@H](O)CO)[C@H](O)[C@H]1O. The lowest BCUT2D eigenvalue weighted by atomic mass is 10.0. The summed E-state index contributed by atoms with van der Waals surface area (Å²) in [6.07, 6.45) is -17.8. The molecular formula is C26H47FO15. The molecule has 3 aliphatic rings. The maximum absolute atomic E-state index is 13.3. The van der Waals surface area contributed by atoms with Crippen molar-refractivity contribution in [3.63, 3.8) is 0 Å². The van der Waals surface area contributed by atoms with Gasteiger partial charge in [0, 0.05) is 6.61 Å². The van der Waals surface area contributed by atoms with E-state index in [1.165, 1.54) is 0 Å². The van der Waals surface area contributed by atoms with Gasteiger partial charge in [-0.15, -0.1) is 0 Å². The van der Waals surface area contributed by atoms with Gasteiger partial charge in [-0.25, -0.2) is 4.39 Å². The molecule has 0 saturated carbocycles. The molecule has 0 aromatic rings. The minimum absolute atomic E-state index is 0.191. The van der Waals surface area contributed by atoms with Gasteiger partial charge in [-0.2, -0.15) is 0 Å².